The van der Waals surface area contributed by atoms with Crippen LogP contribution >= 0.6 is 24.0 Å². The molecule has 0 aromatic carbocycles. The van der Waals surface area contributed by atoms with E-state index >= 15 is 0 Å². The smallest absolute Gasteiger partial charge is 0.0527 e. The monoisotopic (exact) mass is 369 g/mol. The van der Waals surface area contributed by atoms with E-state index in [4.69, 9.17) is 11.6 Å². The maximum Gasteiger partial charge on any atom is 0.0527 e. The third-order valence-electron chi connectivity index (χ3n) is 4.59. The molecule has 0 aliphatic carbocycles. The van der Waals surface area contributed by atoms with Crippen LogP contribution < -0.4 is 0 Å². The van der Waals surface area contributed by atoms with Crippen molar-refractivity contribution in [2.75, 3.05) is 13.1 Å². The van der Waals surface area contributed by atoms with Crippen LogP contribution in [0, 0.1) is 0 Å². The van der Waals surface area contributed by atoms with Gasteiger partial charge in [-0.05, 0) is 39.3 Å². The van der Waals surface area contributed by atoms with Crippen molar-refractivity contribution in [1.82, 2.24) is 4.90 Å². The number of halogens is 2. The molecule has 0 aliphatic heterocycles. The fourth-order valence-electron chi connectivity index (χ4n) is 3.26. The largest absolute Gasteiger partial charge is 0.393 e. The summed E-state index contributed by atoms with van der Waals surface area (Å²) in [6.07, 6.45) is 12.1. The minimum absolute atomic E-state index is 0. The lowest BCUT2D eigenvalue weighted by molar-refractivity contribution is 0.112. The van der Waals surface area contributed by atoms with Gasteiger partial charge in [0.15, 0.2) is 0 Å². The molecule has 0 bridgehead atoms. The van der Waals surface area contributed by atoms with E-state index in [0.717, 1.165) is 32.4 Å². The van der Waals surface area contributed by atoms with Crippen molar-refractivity contribution in [3.8, 4) is 0 Å². The Morgan fingerprint density at radius 1 is 0.870 bits per heavy atom. The molecule has 0 aromatic rings. The molecule has 0 rings (SSSR count). The number of hydrogen-bond acceptors (Lipinski definition) is 2. The first-order chi connectivity index (χ1) is 10.5. The SMILES string of the molecule is CCCCCCCCCC(Cl)CC(CC(C)O)N(CC)CC.Cl. The maximum absolute atomic E-state index is 9.72. The Morgan fingerprint density at radius 2 is 1.39 bits per heavy atom. The van der Waals surface area contributed by atoms with Crippen molar-refractivity contribution in [2.24, 2.45) is 0 Å². The van der Waals surface area contributed by atoms with E-state index < -0.39 is 0 Å². The number of aliphatic hydroxyl groups excluding tert-OH is 1. The van der Waals surface area contributed by atoms with E-state index in [0.29, 0.717) is 6.04 Å². The molecule has 0 spiro atoms. The van der Waals surface area contributed by atoms with Crippen LogP contribution in [0.5, 0.6) is 0 Å². The fourth-order valence-corrected chi connectivity index (χ4v) is 3.62. The van der Waals surface area contributed by atoms with Crippen LogP contribution in [0.25, 0.3) is 0 Å². The Balaban J connectivity index is 0. The molecule has 4 heteroatoms. The maximum atomic E-state index is 9.72. The van der Waals surface area contributed by atoms with Crippen molar-refractivity contribution >= 4 is 24.0 Å². The molecule has 0 radical (unpaired) electrons. The molecule has 142 valence electrons. The predicted octanol–water partition coefficient (Wildman–Crippen LogP) is 6.03. The van der Waals surface area contributed by atoms with Crippen LogP contribution in [0.15, 0.2) is 0 Å². The normalized spacial score (nSPS) is 15.3. The Labute approximate surface area is 156 Å². The minimum atomic E-state index is -0.243. The lowest BCUT2D eigenvalue weighted by Gasteiger charge is -2.32. The number of nitrogens with zero attached hydrogens (tertiary/aromatic N) is 1. The Kier molecular flexibility index (Phi) is 19.4. The summed E-state index contributed by atoms with van der Waals surface area (Å²) >= 11 is 6.57. The van der Waals surface area contributed by atoms with Gasteiger partial charge in [-0.25, -0.2) is 0 Å². The van der Waals surface area contributed by atoms with Gasteiger partial charge in [-0.15, -0.1) is 24.0 Å². The van der Waals surface area contributed by atoms with Crippen LogP contribution in [0.3, 0.4) is 0 Å². The summed E-state index contributed by atoms with van der Waals surface area (Å²) < 4.78 is 0. The quantitative estimate of drug-likeness (QED) is 0.281. The molecular weight excluding hydrogens is 329 g/mol. The summed E-state index contributed by atoms with van der Waals surface area (Å²) in [4.78, 5) is 2.44. The molecule has 0 fully saturated rings. The molecule has 2 nitrogen and oxygen atoms in total. The van der Waals surface area contributed by atoms with Crippen molar-refractivity contribution in [1.29, 1.82) is 0 Å². The zero-order valence-electron chi connectivity index (χ0n) is 15.9. The molecular formula is C19H41Cl2NO. The lowest BCUT2D eigenvalue weighted by Crippen LogP contribution is -2.38. The highest BCUT2D eigenvalue weighted by Crippen LogP contribution is 2.21. The third kappa shape index (κ3) is 14.5. The van der Waals surface area contributed by atoms with Crippen molar-refractivity contribution < 1.29 is 5.11 Å². The van der Waals surface area contributed by atoms with Gasteiger partial charge in [-0.3, -0.25) is 0 Å². The second-order valence-corrected chi connectivity index (χ2v) is 7.32. The topological polar surface area (TPSA) is 23.5 Å². The highest BCUT2D eigenvalue weighted by molar-refractivity contribution is 6.20. The molecule has 0 aliphatic rings. The Hall–Kier alpha value is 0.500. The number of unbranched alkanes of at least 4 members (excludes halogenated alkanes) is 6. The summed E-state index contributed by atoms with van der Waals surface area (Å²) in [5, 5.41) is 9.97. The highest BCUT2D eigenvalue weighted by atomic mass is 35.5. The predicted molar refractivity (Wildman–Crippen MR) is 107 cm³/mol. The van der Waals surface area contributed by atoms with Gasteiger partial charge in [-0.1, -0.05) is 65.7 Å². The molecule has 0 saturated carbocycles. The average Bonchev–Trinajstić information content (AvgIpc) is 2.47. The van der Waals surface area contributed by atoms with E-state index in [9.17, 15) is 5.11 Å². The van der Waals surface area contributed by atoms with Crippen LogP contribution in [0.4, 0.5) is 0 Å². The zero-order chi connectivity index (χ0) is 16.8. The van der Waals surface area contributed by atoms with Crippen LogP contribution in [-0.2, 0) is 0 Å². The summed E-state index contributed by atoms with van der Waals surface area (Å²) in [5.41, 5.74) is 0. The van der Waals surface area contributed by atoms with E-state index in [1.165, 1.54) is 44.9 Å². The van der Waals surface area contributed by atoms with Crippen molar-refractivity contribution in [3.05, 3.63) is 0 Å². The fraction of sp³-hybridized carbons (Fsp3) is 1.00. The Morgan fingerprint density at radius 3 is 1.87 bits per heavy atom. The molecule has 23 heavy (non-hydrogen) atoms. The second-order valence-electron chi connectivity index (χ2n) is 6.70. The van der Waals surface area contributed by atoms with Gasteiger partial charge < -0.3 is 10.0 Å². The number of hydrogen-bond donors (Lipinski definition) is 1. The summed E-state index contributed by atoms with van der Waals surface area (Å²) in [6.45, 7) is 10.6. The highest BCUT2D eigenvalue weighted by Gasteiger charge is 2.21. The third-order valence-corrected chi connectivity index (χ3v) is 4.99. The lowest BCUT2D eigenvalue weighted by atomic mass is 9.99. The number of aliphatic hydroxyl groups is 1. The molecule has 0 saturated heterocycles. The number of alkyl halides is 1. The van der Waals surface area contributed by atoms with Crippen LogP contribution in [-0.4, -0.2) is 40.6 Å². The second kappa shape index (κ2) is 17.3. The molecule has 1 N–H and O–H groups in total. The van der Waals surface area contributed by atoms with Gasteiger partial charge in [0.05, 0.1) is 6.10 Å². The number of rotatable bonds is 15. The zero-order valence-corrected chi connectivity index (χ0v) is 17.5. The average molecular weight is 370 g/mol. The molecule has 0 heterocycles. The van der Waals surface area contributed by atoms with Gasteiger partial charge >= 0.3 is 0 Å². The van der Waals surface area contributed by atoms with Gasteiger partial charge in [0.2, 0.25) is 0 Å². The van der Waals surface area contributed by atoms with Gasteiger partial charge in [0.25, 0.3) is 0 Å². The van der Waals surface area contributed by atoms with Gasteiger partial charge in [0, 0.05) is 11.4 Å². The van der Waals surface area contributed by atoms with Gasteiger partial charge in [0.1, 0.15) is 0 Å². The van der Waals surface area contributed by atoms with Crippen molar-refractivity contribution in [2.45, 2.75) is 109 Å². The Bertz CT molecular complexity index is 235. The summed E-state index contributed by atoms with van der Waals surface area (Å²) in [5.74, 6) is 0. The first-order valence-electron chi connectivity index (χ1n) is 9.61. The van der Waals surface area contributed by atoms with E-state index in [1.807, 2.05) is 6.92 Å². The van der Waals surface area contributed by atoms with Crippen molar-refractivity contribution in [3.63, 3.8) is 0 Å². The van der Waals surface area contributed by atoms with Crippen LogP contribution in [0.1, 0.15) is 91.9 Å². The van der Waals surface area contributed by atoms with E-state index in [1.54, 1.807) is 0 Å². The molecule has 0 amide bonds. The van der Waals surface area contributed by atoms with Crippen LogP contribution in [0.2, 0.25) is 0 Å². The molecule has 3 atom stereocenters. The van der Waals surface area contributed by atoms with Gasteiger partial charge in [-0.2, -0.15) is 0 Å². The standard InChI is InChI=1S/C19H40ClNO.ClH/c1-5-8-9-10-11-12-13-14-18(20)16-19(15-17(4)22)21(6-2)7-3;/h17-19,22H,5-16H2,1-4H3;1H. The van der Waals surface area contributed by atoms with E-state index in [-0.39, 0.29) is 23.9 Å². The summed E-state index contributed by atoms with van der Waals surface area (Å²) in [7, 11) is 0. The van der Waals surface area contributed by atoms with E-state index in [2.05, 4.69) is 25.7 Å². The molecule has 3 unspecified atom stereocenters. The molecule has 0 aromatic heterocycles. The summed E-state index contributed by atoms with van der Waals surface area (Å²) in [6, 6.07) is 0.419. The first-order valence-corrected chi connectivity index (χ1v) is 10.0. The first kappa shape index (κ1) is 25.7. The minimum Gasteiger partial charge on any atom is -0.393 e.